The Labute approximate surface area is 179 Å². The highest BCUT2D eigenvalue weighted by Gasteiger charge is 2.23. The van der Waals surface area contributed by atoms with Crippen LogP contribution in [0.2, 0.25) is 0 Å². The Hall–Kier alpha value is -3.08. The second kappa shape index (κ2) is 7.98. The summed E-state index contributed by atoms with van der Waals surface area (Å²) in [7, 11) is 0. The van der Waals surface area contributed by atoms with E-state index in [-0.39, 0.29) is 0 Å². The molecule has 0 unspecified atom stereocenters. The molecule has 5 rings (SSSR count). The topological polar surface area (TPSA) is 35.5 Å². The molecule has 0 spiro atoms. The first-order valence-corrected chi connectivity index (χ1v) is 10.9. The largest absolute Gasteiger partial charge is 0.368 e. The number of piperazine rings is 1. The Kier molecular flexibility index (Phi) is 5.03. The van der Waals surface area contributed by atoms with Crippen molar-refractivity contribution in [3.05, 3.63) is 71.4 Å². The lowest BCUT2D eigenvalue weighted by molar-refractivity contribution is 0.645. The van der Waals surface area contributed by atoms with Crippen LogP contribution in [-0.2, 0) is 6.42 Å². The normalized spacial score (nSPS) is 16.5. The van der Waals surface area contributed by atoms with Crippen LogP contribution in [0.1, 0.15) is 23.2 Å². The van der Waals surface area contributed by atoms with Crippen molar-refractivity contribution in [2.24, 2.45) is 0 Å². The average Bonchev–Trinajstić information content (AvgIpc) is 2.78. The second-order valence-electron chi connectivity index (χ2n) is 8.36. The summed E-state index contributed by atoms with van der Waals surface area (Å²) in [6.45, 7) is 9.17. The lowest BCUT2D eigenvalue weighted by atomic mass is 10.0. The maximum atomic E-state index is 5.01. The number of benzene rings is 2. The number of aromatic nitrogens is 2. The molecule has 0 aliphatic carbocycles. The van der Waals surface area contributed by atoms with Gasteiger partial charge in [-0.25, -0.2) is 4.98 Å². The van der Waals surface area contributed by atoms with Gasteiger partial charge in [0.05, 0.1) is 0 Å². The molecule has 154 valence electrons. The standard InChI is InChI=1S/C25H29N5/c1-19-7-5-10-22(17-19)28-13-15-29(16-14-28)24-18-20(2)26-25(27-24)30-12-6-9-21-8-3-4-11-23(21)30/h3-5,7-8,10-11,17-18H,6,9,12-16H2,1-2H3. The second-order valence-corrected chi connectivity index (χ2v) is 8.36. The van der Waals surface area contributed by atoms with Gasteiger partial charge >= 0.3 is 0 Å². The van der Waals surface area contributed by atoms with Crippen LogP contribution in [0.4, 0.5) is 23.1 Å². The molecule has 0 saturated carbocycles. The molecular formula is C25H29N5. The molecule has 1 saturated heterocycles. The van der Waals surface area contributed by atoms with Crippen LogP contribution in [0.3, 0.4) is 0 Å². The summed E-state index contributed by atoms with van der Waals surface area (Å²) in [5.74, 6) is 1.88. The zero-order chi connectivity index (χ0) is 20.5. The van der Waals surface area contributed by atoms with Crippen molar-refractivity contribution in [1.82, 2.24) is 9.97 Å². The van der Waals surface area contributed by atoms with Crippen LogP contribution < -0.4 is 14.7 Å². The number of fused-ring (bicyclic) bond motifs is 1. The van der Waals surface area contributed by atoms with E-state index in [0.29, 0.717) is 0 Å². The van der Waals surface area contributed by atoms with Gasteiger partial charge in [0.2, 0.25) is 5.95 Å². The van der Waals surface area contributed by atoms with E-state index in [1.54, 1.807) is 0 Å². The maximum absolute atomic E-state index is 5.01. The first-order chi connectivity index (χ1) is 14.7. The number of hydrogen-bond acceptors (Lipinski definition) is 5. The number of nitrogens with zero attached hydrogens (tertiary/aromatic N) is 5. The first kappa shape index (κ1) is 18.9. The molecule has 3 heterocycles. The van der Waals surface area contributed by atoms with E-state index in [2.05, 4.69) is 83.1 Å². The van der Waals surface area contributed by atoms with Crippen LogP contribution in [0.5, 0.6) is 0 Å². The number of anilines is 4. The molecule has 0 amide bonds. The molecule has 5 nitrogen and oxygen atoms in total. The zero-order valence-corrected chi connectivity index (χ0v) is 17.9. The van der Waals surface area contributed by atoms with E-state index in [4.69, 9.17) is 9.97 Å². The fraction of sp³-hybridized carbons (Fsp3) is 0.360. The lowest BCUT2D eigenvalue weighted by Crippen LogP contribution is -2.47. The maximum Gasteiger partial charge on any atom is 0.232 e. The summed E-state index contributed by atoms with van der Waals surface area (Å²) in [4.78, 5) is 17.0. The smallest absolute Gasteiger partial charge is 0.232 e. The van der Waals surface area contributed by atoms with Crippen LogP contribution in [-0.4, -0.2) is 42.7 Å². The molecule has 2 aliphatic heterocycles. The van der Waals surface area contributed by atoms with E-state index in [1.807, 2.05) is 0 Å². The number of aryl methyl sites for hydroxylation is 3. The van der Waals surface area contributed by atoms with Crippen molar-refractivity contribution in [3.63, 3.8) is 0 Å². The predicted molar refractivity (Wildman–Crippen MR) is 124 cm³/mol. The SMILES string of the molecule is Cc1cccc(N2CCN(c3cc(C)nc(N4CCCc5ccccc54)n3)CC2)c1. The molecule has 0 N–H and O–H groups in total. The van der Waals surface area contributed by atoms with Crippen molar-refractivity contribution >= 4 is 23.1 Å². The molecule has 1 fully saturated rings. The highest BCUT2D eigenvalue weighted by Crippen LogP contribution is 2.32. The molecular weight excluding hydrogens is 370 g/mol. The van der Waals surface area contributed by atoms with Gasteiger partial charge in [-0.3, -0.25) is 0 Å². The fourth-order valence-electron chi connectivity index (χ4n) is 4.58. The number of hydrogen-bond donors (Lipinski definition) is 0. The Morgan fingerprint density at radius 3 is 2.40 bits per heavy atom. The average molecular weight is 400 g/mol. The predicted octanol–water partition coefficient (Wildman–Crippen LogP) is 4.50. The van der Waals surface area contributed by atoms with Crippen molar-refractivity contribution in [1.29, 1.82) is 0 Å². The summed E-state index contributed by atoms with van der Waals surface area (Å²) < 4.78 is 0. The van der Waals surface area contributed by atoms with E-state index < -0.39 is 0 Å². The molecule has 2 aliphatic rings. The van der Waals surface area contributed by atoms with Crippen LogP contribution >= 0.6 is 0 Å². The van der Waals surface area contributed by atoms with E-state index in [1.165, 1.54) is 22.5 Å². The van der Waals surface area contributed by atoms with Gasteiger partial charge in [-0.1, -0.05) is 30.3 Å². The molecule has 3 aromatic rings. The van der Waals surface area contributed by atoms with Crippen LogP contribution in [0, 0.1) is 13.8 Å². The molecule has 0 bridgehead atoms. The van der Waals surface area contributed by atoms with Crippen molar-refractivity contribution in [2.45, 2.75) is 26.7 Å². The molecule has 0 atom stereocenters. The van der Waals surface area contributed by atoms with Gasteiger partial charge in [-0.15, -0.1) is 0 Å². The van der Waals surface area contributed by atoms with Crippen molar-refractivity contribution in [2.75, 3.05) is 47.4 Å². The highest BCUT2D eigenvalue weighted by atomic mass is 15.3. The summed E-state index contributed by atoms with van der Waals surface area (Å²) in [6, 6.07) is 19.6. The lowest BCUT2D eigenvalue weighted by Gasteiger charge is -2.37. The van der Waals surface area contributed by atoms with Crippen LogP contribution in [0.15, 0.2) is 54.6 Å². The number of para-hydroxylation sites is 1. The van der Waals surface area contributed by atoms with Gasteiger partial charge in [0.25, 0.3) is 0 Å². The monoisotopic (exact) mass is 399 g/mol. The van der Waals surface area contributed by atoms with Gasteiger partial charge in [0.1, 0.15) is 5.82 Å². The summed E-state index contributed by atoms with van der Waals surface area (Å²) in [5.41, 5.74) is 6.30. The van der Waals surface area contributed by atoms with Crippen LogP contribution in [0.25, 0.3) is 0 Å². The van der Waals surface area contributed by atoms with Gasteiger partial charge in [-0.05, 0) is 56.0 Å². The van der Waals surface area contributed by atoms with Gasteiger partial charge in [0, 0.05) is 55.9 Å². The van der Waals surface area contributed by atoms with Crippen molar-refractivity contribution in [3.8, 4) is 0 Å². The Morgan fingerprint density at radius 1 is 0.767 bits per heavy atom. The quantitative estimate of drug-likeness (QED) is 0.648. The zero-order valence-electron chi connectivity index (χ0n) is 17.9. The summed E-state index contributed by atoms with van der Waals surface area (Å²) in [5, 5.41) is 0. The molecule has 30 heavy (non-hydrogen) atoms. The third-order valence-electron chi connectivity index (χ3n) is 6.15. The van der Waals surface area contributed by atoms with Crippen molar-refractivity contribution < 1.29 is 0 Å². The number of rotatable bonds is 3. The molecule has 5 heteroatoms. The molecule has 0 radical (unpaired) electrons. The van der Waals surface area contributed by atoms with E-state index in [9.17, 15) is 0 Å². The third-order valence-corrected chi connectivity index (χ3v) is 6.15. The third kappa shape index (κ3) is 3.72. The summed E-state index contributed by atoms with van der Waals surface area (Å²) >= 11 is 0. The molecule has 1 aromatic heterocycles. The Bertz CT molecular complexity index is 1040. The summed E-state index contributed by atoms with van der Waals surface area (Å²) in [6.07, 6.45) is 2.27. The minimum absolute atomic E-state index is 0.832. The minimum Gasteiger partial charge on any atom is -0.368 e. The Balaban J connectivity index is 1.36. The molecule has 2 aromatic carbocycles. The van der Waals surface area contributed by atoms with Gasteiger partial charge < -0.3 is 14.7 Å². The first-order valence-electron chi connectivity index (χ1n) is 10.9. The highest BCUT2D eigenvalue weighted by molar-refractivity contribution is 5.64. The fourth-order valence-corrected chi connectivity index (χ4v) is 4.58. The Morgan fingerprint density at radius 2 is 1.57 bits per heavy atom. The van der Waals surface area contributed by atoms with Gasteiger partial charge in [0.15, 0.2) is 0 Å². The van der Waals surface area contributed by atoms with E-state index >= 15 is 0 Å². The van der Waals surface area contributed by atoms with Gasteiger partial charge in [-0.2, -0.15) is 4.98 Å². The minimum atomic E-state index is 0.832. The van der Waals surface area contributed by atoms with E-state index in [0.717, 1.165) is 63.0 Å².